The summed E-state index contributed by atoms with van der Waals surface area (Å²) in [6.45, 7) is 1.27. The van der Waals surface area contributed by atoms with Crippen molar-refractivity contribution >= 4 is 0 Å². The summed E-state index contributed by atoms with van der Waals surface area (Å²) in [5.41, 5.74) is -3.53. The normalized spacial score (nSPS) is 18.6. The van der Waals surface area contributed by atoms with Gasteiger partial charge in [0, 0.05) is 38.6 Å². The second-order valence-electron chi connectivity index (χ2n) is 5.73. The molecule has 142 valence electrons. The Morgan fingerprint density at radius 3 is 2.04 bits per heavy atom. The lowest BCUT2D eigenvalue weighted by Crippen LogP contribution is -2.46. The Morgan fingerprint density at radius 1 is 0.960 bits per heavy atom. The van der Waals surface area contributed by atoms with E-state index in [2.05, 4.69) is 5.32 Å². The summed E-state index contributed by atoms with van der Waals surface area (Å²) in [5, 5.41) is 2.95. The van der Waals surface area contributed by atoms with Crippen LogP contribution in [0.2, 0.25) is 0 Å². The highest BCUT2D eigenvalue weighted by Crippen LogP contribution is 2.41. The molecular weight excluding hydrogens is 360 g/mol. The third-order valence-electron chi connectivity index (χ3n) is 4.04. The molecule has 0 aromatic heterocycles. The topological polar surface area (TPSA) is 15.3 Å². The van der Waals surface area contributed by atoms with Crippen molar-refractivity contribution in [1.29, 1.82) is 0 Å². The number of hydrogen-bond acceptors (Lipinski definition) is 2. The van der Waals surface area contributed by atoms with Crippen molar-refractivity contribution in [1.82, 2.24) is 10.2 Å². The van der Waals surface area contributed by atoms with Crippen LogP contribution >= 0.6 is 0 Å². The highest BCUT2D eigenvalue weighted by molar-refractivity contribution is 5.37. The van der Waals surface area contributed by atoms with Crippen LogP contribution in [0.25, 0.3) is 0 Å². The molecule has 1 aliphatic heterocycles. The van der Waals surface area contributed by atoms with Crippen LogP contribution in [0.1, 0.15) is 29.2 Å². The molecule has 0 bridgehead atoms. The zero-order valence-corrected chi connectivity index (χ0v) is 12.9. The largest absolute Gasteiger partial charge is 0.416 e. The Bertz CT molecular complexity index is 576. The summed E-state index contributed by atoms with van der Waals surface area (Å²) in [6.07, 6.45) is -13.8. The Balaban J connectivity index is 2.51. The van der Waals surface area contributed by atoms with E-state index in [1.807, 2.05) is 0 Å². The molecule has 10 heteroatoms. The third-order valence-corrected chi connectivity index (χ3v) is 4.04. The maximum absolute atomic E-state index is 13.3. The van der Waals surface area contributed by atoms with Crippen molar-refractivity contribution in [2.75, 3.05) is 26.2 Å². The van der Waals surface area contributed by atoms with Gasteiger partial charge in [-0.05, 0) is 17.7 Å². The second kappa shape index (κ2) is 7.45. The lowest BCUT2D eigenvalue weighted by atomic mass is 9.93. The number of nitrogens with one attached hydrogen (secondary N) is 1. The Kier molecular flexibility index (Phi) is 5.93. The highest BCUT2D eigenvalue weighted by atomic mass is 19.4. The van der Waals surface area contributed by atoms with Gasteiger partial charge in [-0.15, -0.1) is 0 Å². The van der Waals surface area contributed by atoms with Crippen molar-refractivity contribution in [3.63, 3.8) is 0 Å². The van der Waals surface area contributed by atoms with Gasteiger partial charge in [-0.2, -0.15) is 26.3 Å². The minimum absolute atomic E-state index is 0.00397. The highest BCUT2D eigenvalue weighted by Gasteiger charge is 2.40. The van der Waals surface area contributed by atoms with Crippen molar-refractivity contribution in [3.05, 3.63) is 34.9 Å². The summed E-state index contributed by atoms with van der Waals surface area (Å²) >= 11 is 0. The fraction of sp³-hybridized carbons (Fsp3) is 0.600. The van der Waals surface area contributed by atoms with E-state index in [1.54, 1.807) is 0 Å². The number of benzene rings is 1. The molecule has 1 atom stereocenters. The van der Waals surface area contributed by atoms with Crippen LogP contribution in [0.4, 0.5) is 35.1 Å². The van der Waals surface area contributed by atoms with E-state index in [9.17, 15) is 35.1 Å². The molecule has 0 amide bonds. The molecule has 0 unspecified atom stereocenters. The van der Waals surface area contributed by atoms with Gasteiger partial charge >= 0.3 is 12.4 Å². The van der Waals surface area contributed by atoms with E-state index < -0.39 is 47.9 Å². The average molecular weight is 376 g/mol. The van der Waals surface area contributed by atoms with E-state index >= 15 is 0 Å². The third kappa shape index (κ3) is 5.04. The maximum atomic E-state index is 13.3. The molecule has 0 spiro atoms. The summed E-state index contributed by atoms with van der Waals surface area (Å²) in [4.78, 5) is 1.44. The SMILES string of the molecule is FC(F)C[C@@H](c1ccc(C(F)(F)F)cc1C(F)(F)F)N1CCNCC1. The predicted octanol–water partition coefficient (Wildman–Crippen LogP) is 4.33. The molecule has 1 N–H and O–H groups in total. The van der Waals surface area contributed by atoms with E-state index in [4.69, 9.17) is 0 Å². The van der Waals surface area contributed by atoms with Gasteiger partial charge in [0.1, 0.15) is 0 Å². The van der Waals surface area contributed by atoms with Crippen molar-refractivity contribution in [3.8, 4) is 0 Å². The van der Waals surface area contributed by atoms with Crippen molar-refractivity contribution in [2.24, 2.45) is 0 Å². The van der Waals surface area contributed by atoms with Gasteiger partial charge in [0.2, 0.25) is 6.43 Å². The maximum Gasteiger partial charge on any atom is 0.416 e. The first-order valence-electron chi connectivity index (χ1n) is 7.51. The van der Waals surface area contributed by atoms with E-state index in [-0.39, 0.29) is 19.2 Å². The van der Waals surface area contributed by atoms with Crippen LogP contribution in [-0.4, -0.2) is 37.5 Å². The molecule has 1 heterocycles. The fourth-order valence-electron chi connectivity index (χ4n) is 2.90. The van der Waals surface area contributed by atoms with E-state index in [1.165, 1.54) is 4.90 Å². The molecule has 1 fully saturated rings. The molecule has 2 nitrogen and oxygen atoms in total. The van der Waals surface area contributed by atoms with Crippen molar-refractivity contribution in [2.45, 2.75) is 31.2 Å². The summed E-state index contributed by atoms with van der Waals surface area (Å²) < 4.78 is 104. The van der Waals surface area contributed by atoms with Gasteiger partial charge in [-0.25, -0.2) is 8.78 Å². The van der Waals surface area contributed by atoms with Gasteiger partial charge in [-0.1, -0.05) is 6.07 Å². The molecule has 0 saturated carbocycles. The van der Waals surface area contributed by atoms with Crippen LogP contribution in [0.15, 0.2) is 18.2 Å². The monoisotopic (exact) mass is 376 g/mol. The number of piperazine rings is 1. The van der Waals surface area contributed by atoms with Crippen LogP contribution in [0.3, 0.4) is 0 Å². The molecular formula is C15H16F8N2. The van der Waals surface area contributed by atoms with Gasteiger partial charge < -0.3 is 5.32 Å². The van der Waals surface area contributed by atoms with Crippen LogP contribution in [-0.2, 0) is 12.4 Å². The molecule has 0 aliphatic carbocycles. The minimum Gasteiger partial charge on any atom is -0.314 e. The van der Waals surface area contributed by atoms with E-state index in [0.717, 1.165) is 0 Å². The first-order chi connectivity index (χ1) is 11.5. The zero-order chi connectivity index (χ0) is 18.8. The first kappa shape index (κ1) is 19.9. The number of rotatable bonds is 4. The van der Waals surface area contributed by atoms with Gasteiger partial charge in [0.05, 0.1) is 11.1 Å². The zero-order valence-electron chi connectivity index (χ0n) is 12.9. The number of halogens is 8. The lowest BCUT2D eigenvalue weighted by Gasteiger charge is -2.36. The van der Waals surface area contributed by atoms with Gasteiger partial charge in [0.25, 0.3) is 0 Å². The van der Waals surface area contributed by atoms with Crippen LogP contribution < -0.4 is 5.32 Å². The summed E-state index contributed by atoms with van der Waals surface area (Å²) in [5.74, 6) is 0. The Hall–Kier alpha value is -1.42. The van der Waals surface area contributed by atoms with Gasteiger partial charge in [-0.3, -0.25) is 4.90 Å². The van der Waals surface area contributed by atoms with E-state index in [0.29, 0.717) is 25.2 Å². The molecule has 1 aromatic rings. The Labute approximate surface area is 138 Å². The molecule has 1 saturated heterocycles. The summed E-state index contributed by atoms with van der Waals surface area (Å²) in [7, 11) is 0. The molecule has 1 aliphatic rings. The van der Waals surface area contributed by atoms with Crippen LogP contribution in [0.5, 0.6) is 0 Å². The first-order valence-corrected chi connectivity index (χ1v) is 7.51. The molecule has 2 rings (SSSR count). The molecule has 25 heavy (non-hydrogen) atoms. The lowest BCUT2D eigenvalue weighted by molar-refractivity contribution is -0.144. The smallest absolute Gasteiger partial charge is 0.314 e. The number of nitrogens with zero attached hydrogens (tertiary/aromatic N) is 1. The standard InChI is InChI=1S/C15H16F8N2/c16-13(17)8-12(25-5-3-24-4-6-25)10-2-1-9(14(18,19)20)7-11(10)15(21,22)23/h1-2,7,12-13,24H,3-6,8H2/t12-/m0/s1. The number of alkyl halides is 8. The summed E-state index contributed by atoms with van der Waals surface area (Å²) in [6, 6.07) is -0.136. The fourth-order valence-corrected chi connectivity index (χ4v) is 2.90. The van der Waals surface area contributed by atoms with Crippen LogP contribution in [0, 0.1) is 0 Å². The molecule has 0 radical (unpaired) electrons. The van der Waals surface area contributed by atoms with Gasteiger partial charge in [0.15, 0.2) is 0 Å². The number of hydrogen-bond donors (Lipinski definition) is 1. The molecule has 1 aromatic carbocycles. The van der Waals surface area contributed by atoms with Crippen molar-refractivity contribution < 1.29 is 35.1 Å². The second-order valence-corrected chi connectivity index (χ2v) is 5.73. The predicted molar refractivity (Wildman–Crippen MR) is 74.3 cm³/mol. The quantitative estimate of drug-likeness (QED) is 0.788. The minimum atomic E-state index is -5.08. The Morgan fingerprint density at radius 2 is 1.56 bits per heavy atom. The average Bonchev–Trinajstić information content (AvgIpc) is 2.51.